The van der Waals surface area contributed by atoms with E-state index in [2.05, 4.69) is 32.1 Å². The molecule has 4 nitrogen and oxygen atoms in total. The van der Waals surface area contributed by atoms with Gasteiger partial charge in [-0.3, -0.25) is 21.1 Å². The van der Waals surface area contributed by atoms with Crippen molar-refractivity contribution < 1.29 is 0 Å². The minimum absolute atomic E-state index is 0.273. The van der Waals surface area contributed by atoms with Crippen LogP contribution in [-0.4, -0.2) is 48.6 Å². The molecule has 1 aromatic heterocycles. The van der Waals surface area contributed by atoms with E-state index in [1.165, 1.54) is 31.7 Å². The molecule has 4 rings (SSSR count). The number of hydrogen-bond acceptors (Lipinski definition) is 5. The monoisotopic (exact) mass is 238 g/mol. The summed E-state index contributed by atoms with van der Waals surface area (Å²) in [6, 6.07) is 2.98. The summed E-state index contributed by atoms with van der Waals surface area (Å²) in [6.45, 7) is 5.96. The second-order valence-electron chi connectivity index (χ2n) is 4.60. The van der Waals surface area contributed by atoms with Crippen LogP contribution in [-0.2, 0) is 0 Å². The number of hydrazine groups is 1. The predicted molar refractivity (Wildman–Crippen MR) is 66.2 cm³/mol. The zero-order valence-electron chi connectivity index (χ0n) is 9.30. The van der Waals surface area contributed by atoms with E-state index >= 15 is 0 Å². The quantitative estimate of drug-likeness (QED) is 0.585. The molecule has 0 spiro atoms. The van der Waals surface area contributed by atoms with E-state index in [0.717, 1.165) is 6.54 Å². The molecule has 3 aliphatic heterocycles. The highest BCUT2D eigenvalue weighted by atomic mass is 32.1. The van der Waals surface area contributed by atoms with Crippen LogP contribution in [0, 0.1) is 0 Å². The Morgan fingerprint density at radius 3 is 2.69 bits per heavy atom. The summed E-state index contributed by atoms with van der Waals surface area (Å²) >= 11 is 1.74. The first-order chi connectivity index (χ1) is 7.88. The van der Waals surface area contributed by atoms with Crippen LogP contribution in [0.3, 0.4) is 0 Å². The van der Waals surface area contributed by atoms with Gasteiger partial charge < -0.3 is 0 Å². The SMILES string of the molecule is NNC(c1ccsc1)C1CN2CCN1CC2. The molecule has 16 heavy (non-hydrogen) atoms. The van der Waals surface area contributed by atoms with E-state index in [1.54, 1.807) is 11.3 Å². The maximum Gasteiger partial charge on any atom is 0.0635 e. The van der Waals surface area contributed by atoms with Gasteiger partial charge in [0, 0.05) is 38.8 Å². The average Bonchev–Trinajstić information content (AvgIpc) is 2.85. The molecule has 3 N–H and O–H groups in total. The van der Waals surface area contributed by atoms with Gasteiger partial charge in [-0.15, -0.1) is 0 Å². The lowest BCUT2D eigenvalue weighted by atomic mass is 9.96. The molecular weight excluding hydrogens is 220 g/mol. The van der Waals surface area contributed by atoms with E-state index in [0.29, 0.717) is 6.04 Å². The lowest BCUT2D eigenvalue weighted by Gasteiger charge is -2.49. The summed E-state index contributed by atoms with van der Waals surface area (Å²) in [5.74, 6) is 5.74. The molecule has 2 bridgehead atoms. The van der Waals surface area contributed by atoms with Gasteiger partial charge in [0.2, 0.25) is 0 Å². The van der Waals surface area contributed by atoms with Crippen LogP contribution in [0.1, 0.15) is 11.6 Å². The maximum absolute atomic E-state index is 5.74. The fourth-order valence-corrected chi connectivity index (χ4v) is 3.55. The topological polar surface area (TPSA) is 44.5 Å². The fraction of sp³-hybridized carbons (Fsp3) is 0.636. The molecule has 1 aromatic rings. The molecule has 88 valence electrons. The van der Waals surface area contributed by atoms with Crippen LogP contribution in [0.2, 0.25) is 0 Å². The summed E-state index contributed by atoms with van der Waals surface area (Å²) in [4.78, 5) is 5.11. The number of nitrogens with zero attached hydrogens (tertiary/aromatic N) is 2. The molecule has 0 saturated carbocycles. The Bertz CT molecular complexity index is 332. The molecular formula is C11H18N4S. The molecule has 3 fully saturated rings. The second kappa shape index (κ2) is 4.43. The van der Waals surface area contributed by atoms with Gasteiger partial charge in [0.05, 0.1) is 6.04 Å². The highest BCUT2D eigenvalue weighted by Crippen LogP contribution is 2.27. The van der Waals surface area contributed by atoms with Crippen LogP contribution < -0.4 is 11.3 Å². The van der Waals surface area contributed by atoms with E-state index in [9.17, 15) is 0 Å². The van der Waals surface area contributed by atoms with Crippen LogP contribution in [0.15, 0.2) is 16.8 Å². The van der Waals surface area contributed by atoms with Crippen molar-refractivity contribution in [2.24, 2.45) is 5.84 Å². The molecule has 2 unspecified atom stereocenters. The van der Waals surface area contributed by atoms with Crippen molar-refractivity contribution in [1.82, 2.24) is 15.2 Å². The van der Waals surface area contributed by atoms with Gasteiger partial charge in [0.1, 0.15) is 0 Å². The first kappa shape index (κ1) is 10.7. The highest BCUT2D eigenvalue weighted by Gasteiger charge is 2.36. The molecule has 0 aromatic carbocycles. The number of piperazine rings is 3. The number of nitrogens with one attached hydrogen (secondary N) is 1. The van der Waals surface area contributed by atoms with Crippen LogP contribution in [0.4, 0.5) is 0 Å². The van der Waals surface area contributed by atoms with Gasteiger partial charge in [-0.25, -0.2) is 0 Å². The van der Waals surface area contributed by atoms with Gasteiger partial charge in [0.25, 0.3) is 0 Å². The van der Waals surface area contributed by atoms with Crippen molar-refractivity contribution in [2.75, 3.05) is 32.7 Å². The first-order valence-electron chi connectivity index (χ1n) is 5.83. The van der Waals surface area contributed by atoms with Gasteiger partial charge in [0.15, 0.2) is 0 Å². The Kier molecular flexibility index (Phi) is 2.95. The molecule has 2 atom stereocenters. The van der Waals surface area contributed by atoms with E-state index in [-0.39, 0.29) is 6.04 Å². The van der Waals surface area contributed by atoms with Gasteiger partial charge >= 0.3 is 0 Å². The third-order valence-electron chi connectivity index (χ3n) is 3.79. The number of fused-ring (bicyclic) bond motifs is 3. The van der Waals surface area contributed by atoms with Crippen molar-refractivity contribution >= 4 is 11.3 Å². The van der Waals surface area contributed by atoms with Crippen LogP contribution in [0.5, 0.6) is 0 Å². The van der Waals surface area contributed by atoms with Crippen molar-refractivity contribution in [2.45, 2.75) is 12.1 Å². The zero-order chi connectivity index (χ0) is 11.0. The Labute approximate surface area is 100.0 Å². The van der Waals surface area contributed by atoms with Gasteiger partial charge in [-0.05, 0) is 22.4 Å². The smallest absolute Gasteiger partial charge is 0.0635 e. The van der Waals surface area contributed by atoms with Crippen molar-refractivity contribution in [3.8, 4) is 0 Å². The first-order valence-corrected chi connectivity index (χ1v) is 6.77. The molecule has 0 radical (unpaired) electrons. The Morgan fingerprint density at radius 2 is 2.19 bits per heavy atom. The number of rotatable bonds is 3. The third kappa shape index (κ3) is 1.78. The average molecular weight is 238 g/mol. The number of nitrogens with two attached hydrogens (primary N) is 1. The van der Waals surface area contributed by atoms with E-state index < -0.39 is 0 Å². The van der Waals surface area contributed by atoms with Gasteiger partial charge in [-0.1, -0.05) is 0 Å². The summed E-state index contributed by atoms with van der Waals surface area (Å²) < 4.78 is 0. The minimum atomic E-state index is 0.273. The molecule has 0 amide bonds. The van der Waals surface area contributed by atoms with Crippen molar-refractivity contribution in [3.05, 3.63) is 22.4 Å². The van der Waals surface area contributed by atoms with Crippen molar-refractivity contribution in [3.63, 3.8) is 0 Å². The summed E-state index contributed by atoms with van der Waals surface area (Å²) in [5.41, 5.74) is 4.32. The van der Waals surface area contributed by atoms with Crippen LogP contribution in [0.25, 0.3) is 0 Å². The highest BCUT2D eigenvalue weighted by molar-refractivity contribution is 7.07. The molecule has 5 heteroatoms. The normalized spacial score (nSPS) is 35.2. The second-order valence-corrected chi connectivity index (χ2v) is 5.38. The lowest BCUT2D eigenvalue weighted by Crippen LogP contribution is -2.64. The Morgan fingerprint density at radius 1 is 1.38 bits per heavy atom. The molecule has 3 saturated heterocycles. The standard InChI is InChI=1S/C11H18N4S/c12-13-11(9-1-6-16-8-9)10-7-14-2-4-15(10)5-3-14/h1,6,8,10-11,13H,2-5,7,12H2. The molecule has 0 aliphatic carbocycles. The molecule has 3 aliphatic rings. The predicted octanol–water partition coefficient (Wildman–Crippen LogP) is 0.252. The molecule has 4 heterocycles. The Balaban J connectivity index is 1.80. The summed E-state index contributed by atoms with van der Waals surface area (Å²) in [7, 11) is 0. The van der Waals surface area contributed by atoms with Crippen molar-refractivity contribution in [1.29, 1.82) is 0 Å². The largest absolute Gasteiger partial charge is 0.299 e. The lowest BCUT2D eigenvalue weighted by molar-refractivity contribution is -0.00363. The van der Waals surface area contributed by atoms with E-state index in [1.807, 2.05) is 0 Å². The zero-order valence-corrected chi connectivity index (χ0v) is 10.1. The minimum Gasteiger partial charge on any atom is -0.299 e. The summed E-state index contributed by atoms with van der Waals surface area (Å²) in [6.07, 6.45) is 0. The fourth-order valence-electron chi connectivity index (χ4n) is 2.86. The number of hydrogen-bond donors (Lipinski definition) is 2. The maximum atomic E-state index is 5.74. The van der Waals surface area contributed by atoms with Gasteiger partial charge in [-0.2, -0.15) is 11.3 Å². The van der Waals surface area contributed by atoms with E-state index in [4.69, 9.17) is 5.84 Å². The summed E-state index contributed by atoms with van der Waals surface area (Å²) in [5, 5.41) is 4.32. The third-order valence-corrected chi connectivity index (χ3v) is 4.49. The van der Waals surface area contributed by atoms with Crippen LogP contribution >= 0.6 is 11.3 Å². The Hall–Kier alpha value is -0.460. The number of thiophene rings is 1.